The van der Waals surface area contributed by atoms with Crippen molar-refractivity contribution >= 4 is 11.8 Å². The Morgan fingerprint density at radius 3 is 2.20 bits per heavy atom. The van der Waals surface area contributed by atoms with Crippen LogP contribution in [-0.2, 0) is 9.59 Å². The van der Waals surface area contributed by atoms with Crippen LogP contribution in [0, 0.1) is 23.2 Å². The molecule has 0 aromatic heterocycles. The molecule has 0 aromatic rings. The summed E-state index contributed by atoms with van der Waals surface area (Å²) in [6.07, 6.45) is 9.35. The van der Waals surface area contributed by atoms with Gasteiger partial charge >= 0.3 is 0 Å². The fraction of sp³-hybridized carbons (Fsp3) is 0.900. The van der Waals surface area contributed by atoms with Gasteiger partial charge in [-0.1, -0.05) is 0 Å². The molecule has 0 spiro atoms. The summed E-state index contributed by atoms with van der Waals surface area (Å²) in [5.41, 5.74) is 0.411. The molecule has 4 saturated carbocycles. The average Bonchev–Trinajstić information content (AvgIpc) is 2.77. The van der Waals surface area contributed by atoms with E-state index in [4.69, 9.17) is 0 Å². The van der Waals surface area contributed by atoms with Crippen LogP contribution < -0.4 is 5.32 Å². The number of nitrogens with one attached hydrogen (secondary N) is 1. The van der Waals surface area contributed by atoms with E-state index in [2.05, 4.69) is 10.2 Å². The SMILES string of the molecule is CC(=O)N1CCCN(CC(=O)NCC23CC4CC(CC(C4)C2)C3)CC1. The molecule has 5 rings (SSSR count). The molecule has 5 fully saturated rings. The van der Waals surface area contributed by atoms with E-state index >= 15 is 0 Å². The number of amides is 2. The van der Waals surface area contributed by atoms with E-state index in [1.165, 1.54) is 38.5 Å². The average molecular weight is 348 g/mol. The summed E-state index contributed by atoms with van der Waals surface area (Å²) in [6, 6.07) is 0. The summed E-state index contributed by atoms with van der Waals surface area (Å²) in [5.74, 6) is 3.13. The lowest BCUT2D eigenvalue weighted by Crippen LogP contribution is -2.52. The summed E-state index contributed by atoms with van der Waals surface area (Å²) < 4.78 is 0. The minimum atomic E-state index is 0.146. The maximum Gasteiger partial charge on any atom is 0.234 e. The normalized spacial score (nSPS) is 37.8. The van der Waals surface area contributed by atoms with Crippen molar-refractivity contribution in [3.63, 3.8) is 0 Å². The molecule has 1 saturated heterocycles. The molecule has 0 atom stereocenters. The van der Waals surface area contributed by atoms with Crippen LogP contribution in [-0.4, -0.2) is 60.9 Å². The molecule has 25 heavy (non-hydrogen) atoms. The van der Waals surface area contributed by atoms with E-state index in [9.17, 15) is 9.59 Å². The van der Waals surface area contributed by atoms with Crippen molar-refractivity contribution in [2.45, 2.75) is 51.9 Å². The predicted octanol–water partition coefficient (Wildman–Crippen LogP) is 1.87. The van der Waals surface area contributed by atoms with Gasteiger partial charge in [-0.25, -0.2) is 0 Å². The second kappa shape index (κ2) is 6.90. The lowest BCUT2D eigenvalue weighted by atomic mass is 9.49. The van der Waals surface area contributed by atoms with E-state index in [1.807, 2.05) is 4.90 Å². The Morgan fingerprint density at radius 2 is 1.60 bits per heavy atom. The van der Waals surface area contributed by atoms with Gasteiger partial charge in [0.2, 0.25) is 11.8 Å². The standard InChI is InChI=1S/C20H33N3O2/c1-15(24)23-4-2-3-22(5-6-23)13-19(25)21-14-20-10-16-7-17(11-20)9-18(8-16)12-20/h16-18H,2-14H2,1H3,(H,21,25). The van der Waals surface area contributed by atoms with Crippen LogP contribution in [0.15, 0.2) is 0 Å². The summed E-state index contributed by atoms with van der Waals surface area (Å²) in [7, 11) is 0. The van der Waals surface area contributed by atoms with Gasteiger partial charge in [0.05, 0.1) is 6.54 Å². The quantitative estimate of drug-likeness (QED) is 0.845. The van der Waals surface area contributed by atoms with Gasteiger partial charge < -0.3 is 10.2 Å². The van der Waals surface area contributed by atoms with Crippen LogP contribution in [0.2, 0.25) is 0 Å². The summed E-state index contributed by atoms with van der Waals surface area (Å²) in [6.45, 7) is 6.30. The van der Waals surface area contributed by atoms with Crippen molar-refractivity contribution in [1.29, 1.82) is 0 Å². The van der Waals surface area contributed by atoms with E-state index < -0.39 is 0 Å². The summed E-state index contributed by atoms with van der Waals surface area (Å²) in [5, 5.41) is 3.28. The Hall–Kier alpha value is -1.10. The van der Waals surface area contributed by atoms with Crippen molar-refractivity contribution < 1.29 is 9.59 Å². The fourth-order valence-electron chi connectivity index (χ4n) is 6.50. The van der Waals surface area contributed by atoms with Crippen LogP contribution in [0.4, 0.5) is 0 Å². The number of carbonyl (C=O) groups is 2. The molecular weight excluding hydrogens is 314 g/mol. The highest BCUT2D eigenvalue weighted by Crippen LogP contribution is 2.59. The van der Waals surface area contributed by atoms with Crippen LogP contribution in [0.25, 0.3) is 0 Å². The van der Waals surface area contributed by atoms with Gasteiger partial charge in [-0.3, -0.25) is 14.5 Å². The van der Waals surface area contributed by atoms with Crippen molar-refractivity contribution in [2.75, 3.05) is 39.3 Å². The number of hydrogen-bond donors (Lipinski definition) is 1. The third kappa shape index (κ3) is 3.86. The van der Waals surface area contributed by atoms with E-state index in [1.54, 1.807) is 6.92 Å². The van der Waals surface area contributed by atoms with Crippen LogP contribution in [0.1, 0.15) is 51.9 Å². The zero-order valence-corrected chi connectivity index (χ0v) is 15.6. The van der Waals surface area contributed by atoms with Crippen LogP contribution in [0.3, 0.4) is 0 Å². The molecule has 2 amide bonds. The first-order valence-electron chi connectivity index (χ1n) is 10.3. The first-order chi connectivity index (χ1) is 12.0. The number of carbonyl (C=O) groups excluding carboxylic acids is 2. The molecule has 140 valence electrons. The number of hydrogen-bond acceptors (Lipinski definition) is 3. The minimum absolute atomic E-state index is 0.146. The molecule has 5 aliphatic rings. The Bertz CT molecular complexity index is 498. The maximum absolute atomic E-state index is 12.5. The minimum Gasteiger partial charge on any atom is -0.354 e. The first kappa shape index (κ1) is 17.3. The Labute approximate surface area is 151 Å². The zero-order chi connectivity index (χ0) is 17.4. The molecule has 4 aliphatic carbocycles. The zero-order valence-electron chi connectivity index (χ0n) is 15.6. The largest absolute Gasteiger partial charge is 0.354 e. The maximum atomic E-state index is 12.5. The number of nitrogens with zero attached hydrogens (tertiary/aromatic N) is 2. The third-order valence-corrected chi connectivity index (χ3v) is 7.23. The highest BCUT2D eigenvalue weighted by molar-refractivity contribution is 5.78. The van der Waals surface area contributed by atoms with Gasteiger partial charge in [0, 0.05) is 39.6 Å². The monoisotopic (exact) mass is 347 g/mol. The highest BCUT2D eigenvalue weighted by Gasteiger charge is 2.50. The van der Waals surface area contributed by atoms with Gasteiger partial charge in [-0.15, -0.1) is 0 Å². The van der Waals surface area contributed by atoms with Gasteiger partial charge in [0.25, 0.3) is 0 Å². The van der Waals surface area contributed by atoms with Crippen molar-refractivity contribution in [3.05, 3.63) is 0 Å². The molecule has 5 heteroatoms. The van der Waals surface area contributed by atoms with Crippen LogP contribution in [0.5, 0.6) is 0 Å². The van der Waals surface area contributed by atoms with Gasteiger partial charge in [0.15, 0.2) is 0 Å². The van der Waals surface area contributed by atoms with E-state index in [0.717, 1.165) is 56.9 Å². The fourth-order valence-corrected chi connectivity index (χ4v) is 6.50. The highest BCUT2D eigenvalue weighted by atomic mass is 16.2. The molecule has 0 radical (unpaired) electrons. The smallest absolute Gasteiger partial charge is 0.234 e. The second-order valence-corrected chi connectivity index (χ2v) is 9.33. The summed E-state index contributed by atoms with van der Waals surface area (Å²) in [4.78, 5) is 28.1. The first-order valence-corrected chi connectivity index (χ1v) is 10.3. The third-order valence-electron chi connectivity index (χ3n) is 7.23. The van der Waals surface area contributed by atoms with Crippen molar-refractivity contribution in [1.82, 2.24) is 15.1 Å². The molecule has 0 aromatic carbocycles. The van der Waals surface area contributed by atoms with E-state index in [-0.39, 0.29) is 11.8 Å². The molecule has 1 N–H and O–H groups in total. The molecule has 4 bridgehead atoms. The molecule has 0 unspecified atom stereocenters. The van der Waals surface area contributed by atoms with Crippen LogP contribution >= 0.6 is 0 Å². The van der Waals surface area contributed by atoms with Gasteiger partial charge in [-0.2, -0.15) is 0 Å². The van der Waals surface area contributed by atoms with E-state index in [0.29, 0.717) is 12.0 Å². The molecular formula is C20H33N3O2. The molecule has 5 nitrogen and oxygen atoms in total. The Balaban J connectivity index is 1.25. The van der Waals surface area contributed by atoms with Gasteiger partial charge in [-0.05, 0) is 68.1 Å². The molecule has 1 heterocycles. The predicted molar refractivity (Wildman–Crippen MR) is 96.9 cm³/mol. The summed E-state index contributed by atoms with van der Waals surface area (Å²) >= 11 is 0. The Kier molecular flexibility index (Phi) is 4.78. The van der Waals surface area contributed by atoms with Gasteiger partial charge in [0.1, 0.15) is 0 Å². The number of rotatable bonds is 4. The van der Waals surface area contributed by atoms with Crippen molar-refractivity contribution in [2.24, 2.45) is 23.2 Å². The topological polar surface area (TPSA) is 52.7 Å². The Morgan fingerprint density at radius 1 is 0.960 bits per heavy atom. The second-order valence-electron chi connectivity index (χ2n) is 9.33. The van der Waals surface area contributed by atoms with Crippen molar-refractivity contribution in [3.8, 4) is 0 Å². The lowest BCUT2D eigenvalue weighted by Gasteiger charge is -2.56. The lowest BCUT2D eigenvalue weighted by molar-refractivity contribution is -0.128. The molecule has 1 aliphatic heterocycles.